The Kier molecular flexibility index (Phi) is 5.13. The van der Waals surface area contributed by atoms with Crippen LogP contribution in [0, 0.1) is 24.0 Å². The van der Waals surface area contributed by atoms with Gasteiger partial charge in [0.25, 0.3) is 11.6 Å². The van der Waals surface area contributed by atoms with E-state index in [1.807, 2.05) is 29.8 Å². The molecule has 0 unspecified atom stereocenters. The molecule has 10 nitrogen and oxygen atoms in total. The molecular weight excluding hydrogens is 386 g/mol. The molecule has 2 aromatic heterocycles. The Morgan fingerprint density at radius 3 is 2.33 bits per heavy atom. The number of anilines is 1. The summed E-state index contributed by atoms with van der Waals surface area (Å²) in [6.07, 6.45) is 3.55. The number of imidazole rings is 1. The minimum absolute atomic E-state index is 0.0389. The number of aromatic nitrogens is 4. The van der Waals surface area contributed by atoms with Gasteiger partial charge in [0.05, 0.1) is 4.92 Å². The van der Waals surface area contributed by atoms with Gasteiger partial charge in [0, 0.05) is 55.8 Å². The van der Waals surface area contributed by atoms with E-state index in [-0.39, 0.29) is 11.6 Å². The fraction of sp³-hybridized carbons (Fsp3) is 0.300. The summed E-state index contributed by atoms with van der Waals surface area (Å²) in [5.74, 6) is 2.09. The third kappa shape index (κ3) is 3.59. The van der Waals surface area contributed by atoms with Gasteiger partial charge in [-0.25, -0.2) is 4.98 Å². The smallest absolute Gasteiger partial charge is 0.273 e. The van der Waals surface area contributed by atoms with Crippen LogP contribution in [-0.4, -0.2) is 61.7 Å². The van der Waals surface area contributed by atoms with Crippen molar-refractivity contribution in [3.05, 3.63) is 69.8 Å². The Hall–Kier alpha value is -3.82. The lowest BCUT2D eigenvalue weighted by Crippen LogP contribution is -2.49. The number of nitro groups is 1. The highest BCUT2D eigenvalue weighted by atomic mass is 16.6. The van der Waals surface area contributed by atoms with Gasteiger partial charge in [-0.2, -0.15) is 0 Å². The fourth-order valence-electron chi connectivity index (χ4n) is 3.60. The van der Waals surface area contributed by atoms with Crippen molar-refractivity contribution < 1.29 is 9.72 Å². The molecule has 3 heterocycles. The van der Waals surface area contributed by atoms with E-state index < -0.39 is 4.92 Å². The van der Waals surface area contributed by atoms with Crippen molar-refractivity contribution in [1.29, 1.82) is 0 Å². The number of hydrogen-bond acceptors (Lipinski definition) is 7. The molecule has 0 saturated carbocycles. The SMILES string of the molecule is Cc1c(C(=O)N2CCN(c3ccc(-n4ccnc4C)nn3)CC2)cccc1[N+](=O)[O-]. The molecule has 30 heavy (non-hydrogen) atoms. The third-order valence-corrected chi connectivity index (χ3v) is 5.33. The molecule has 1 aromatic carbocycles. The van der Waals surface area contributed by atoms with Crippen LogP contribution in [0.5, 0.6) is 0 Å². The molecule has 10 heteroatoms. The Balaban J connectivity index is 1.43. The van der Waals surface area contributed by atoms with Crippen LogP contribution in [0.15, 0.2) is 42.7 Å². The summed E-state index contributed by atoms with van der Waals surface area (Å²) in [5.41, 5.74) is 0.728. The number of rotatable bonds is 4. The molecule has 3 aromatic rings. The first-order valence-electron chi connectivity index (χ1n) is 9.58. The molecule has 0 spiro atoms. The third-order valence-electron chi connectivity index (χ3n) is 5.33. The van der Waals surface area contributed by atoms with Crippen LogP contribution < -0.4 is 4.90 Å². The zero-order valence-electron chi connectivity index (χ0n) is 16.7. The molecule has 1 aliphatic rings. The average Bonchev–Trinajstić information content (AvgIpc) is 3.19. The number of benzene rings is 1. The summed E-state index contributed by atoms with van der Waals surface area (Å²) in [6, 6.07) is 8.40. The number of amides is 1. The lowest BCUT2D eigenvalue weighted by atomic mass is 10.1. The quantitative estimate of drug-likeness (QED) is 0.481. The number of nitrogens with zero attached hydrogens (tertiary/aromatic N) is 7. The van der Waals surface area contributed by atoms with Gasteiger partial charge >= 0.3 is 0 Å². The maximum atomic E-state index is 12.9. The molecule has 1 amide bonds. The lowest BCUT2D eigenvalue weighted by molar-refractivity contribution is -0.385. The van der Waals surface area contributed by atoms with Crippen molar-refractivity contribution in [1.82, 2.24) is 24.6 Å². The van der Waals surface area contributed by atoms with Crippen LogP contribution in [0.3, 0.4) is 0 Å². The highest BCUT2D eigenvalue weighted by Crippen LogP contribution is 2.23. The fourth-order valence-corrected chi connectivity index (χ4v) is 3.60. The predicted octanol–water partition coefficient (Wildman–Crippen LogP) is 2.15. The summed E-state index contributed by atoms with van der Waals surface area (Å²) in [5, 5.41) is 19.8. The van der Waals surface area contributed by atoms with Gasteiger partial charge in [-0.05, 0) is 32.0 Å². The molecule has 0 atom stereocenters. The molecule has 1 fully saturated rings. The van der Waals surface area contributed by atoms with Crippen LogP contribution in [-0.2, 0) is 0 Å². The number of hydrogen-bond donors (Lipinski definition) is 0. The summed E-state index contributed by atoms with van der Waals surface area (Å²) < 4.78 is 1.86. The maximum Gasteiger partial charge on any atom is 0.273 e. The van der Waals surface area contributed by atoms with Gasteiger partial charge < -0.3 is 9.80 Å². The van der Waals surface area contributed by atoms with Crippen molar-refractivity contribution in [2.75, 3.05) is 31.1 Å². The molecule has 154 valence electrons. The zero-order chi connectivity index (χ0) is 21.3. The number of piperazine rings is 1. The predicted molar refractivity (Wildman–Crippen MR) is 110 cm³/mol. The van der Waals surface area contributed by atoms with Crippen LogP contribution in [0.1, 0.15) is 21.7 Å². The lowest BCUT2D eigenvalue weighted by Gasteiger charge is -2.35. The first-order chi connectivity index (χ1) is 14.5. The molecule has 0 bridgehead atoms. The van der Waals surface area contributed by atoms with Crippen LogP contribution in [0.25, 0.3) is 5.82 Å². The topological polar surface area (TPSA) is 110 Å². The summed E-state index contributed by atoms with van der Waals surface area (Å²) >= 11 is 0. The van der Waals surface area contributed by atoms with Crippen molar-refractivity contribution in [2.24, 2.45) is 0 Å². The normalized spacial score (nSPS) is 14.1. The number of carbonyl (C=O) groups is 1. The van der Waals surface area contributed by atoms with Crippen molar-refractivity contribution in [3.8, 4) is 5.82 Å². The van der Waals surface area contributed by atoms with Crippen molar-refractivity contribution in [3.63, 3.8) is 0 Å². The number of nitro benzene ring substituents is 1. The van der Waals surface area contributed by atoms with Gasteiger partial charge in [0.1, 0.15) is 5.82 Å². The van der Waals surface area contributed by atoms with E-state index in [0.717, 1.165) is 11.6 Å². The second kappa shape index (κ2) is 7.90. The van der Waals surface area contributed by atoms with Gasteiger partial charge in [-0.1, -0.05) is 6.07 Å². The van der Waals surface area contributed by atoms with E-state index in [1.54, 1.807) is 30.2 Å². The van der Waals surface area contributed by atoms with E-state index in [4.69, 9.17) is 0 Å². The van der Waals surface area contributed by atoms with E-state index in [2.05, 4.69) is 20.1 Å². The molecular formula is C20H21N7O3. The largest absolute Gasteiger partial charge is 0.352 e. The highest BCUT2D eigenvalue weighted by Gasteiger charge is 2.26. The van der Waals surface area contributed by atoms with Gasteiger partial charge in [0.15, 0.2) is 11.6 Å². The average molecular weight is 407 g/mol. The number of carbonyl (C=O) groups excluding carboxylic acids is 1. The van der Waals surface area contributed by atoms with Crippen LogP contribution in [0.2, 0.25) is 0 Å². The monoisotopic (exact) mass is 407 g/mol. The molecule has 0 aliphatic carbocycles. The van der Waals surface area contributed by atoms with Crippen LogP contribution >= 0.6 is 0 Å². The van der Waals surface area contributed by atoms with Gasteiger partial charge in [0.2, 0.25) is 0 Å². The minimum atomic E-state index is -0.461. The zero-order valence-corrected chi connectivity index (χ0v) is 16.7. The van der Waals surface area contributed by atoms with E-state index in [9.17, 15) is 14.9 Å². The van der Waals surface area contributed by atoms with Gasteiger partial charge in [-0.3, -0.25) is 19.5 Å². The first-order valence-corrected chi connectivity index (χ1v) is 9.58. The van der Waals surface area contributed by atoms with E-state index in [0.29, 0.717) is 43.1 Å². The van der Waals surface area contributed by atoms with E-state index >= 15 is 0 Å². The second-order valence-electron chi connectivity index (χ2n) is 7.08. The molecule has 1 aliphatic heterocycles. The Morgan fingerprint density at radius 1 is 1.03 bits per heavy atom. The van der Waals surface area contributed by atoms with E-state index in [1.165, 1.54) is 6.07 Å². The van der Waals surface area contributed by atoms with Crippen molar-refractivity contribution in [2.45, 2.75) is 13.8 Å². The second-order valence-corrected chi connectivity index (χ2v) is 7.08. The molecule has 1 saturated heterocycles. The molecule has 0 radical (unpaired) electrons. The molecule has 0 N–H and O–H groups in total. The molecule has 4 rings (SSSR count). The Morgan fingerprint density at radius 2 is 1.73 bits per heavy atom. The summed E-state index contributed by atoms with van der Waals surface area (Å²) in [6.45, 7) is 5.74. The number of aryl methyl sites for hydroxylation is 1. The van der Waals surface area contributed by atoms with Crippen LogP contribution in [0.4, 0.5) is 11.5 Å². The van der Waals surface area contributed by atoms with Gasteiger partial charge in [-0.15, -0.1) is 10.2 Å². The standard InChI is InChI=1S/C20H21N7O3/c1-14-16(4-3-5-17(14)27(29)30)20(28)25-12-10-24(11-13-25)18-6-7-19(23-22-18)26-9-8-21-15(26)2/h3-9H,10-13H2,1-2H3. The Bertz CT molecular complexity index is 1090. The summed E-state index contributed by atoms with van der Waals surface area (Å²) in [4.78, 5) is 31.6. The van der Waals surface area contributed by atoms with Crippen molar-refractivity contribution >= 4 is 17.4 Å². The maximum absolute atomic E-state index is 12.9. The summed E-state index contributed by atoms with van der Waals surface area (Å²) in [7, 11) is 0. The minimum Gasteiger partial charge on any atom is -0.352 e. The Labute approximate surface area is 172 Å². The highest BCUT2D eigenvalue weighted by molar-refractivity contribution is 5.96. The first kappa shape index (κ1) is 19.5.